The van der Waals surface area contributed by atoms with Crippen LogP contribution in [-0.4, -0.2) is 47.2 Å². The van der Waals surface area contributed by atoms with Gasteiger partial charge in [0, 0.05) is 18.6 Å². The molecule has 0 bridgehead atoms. The molecule has 1 fully saturated rings. The number of carbonyl (C=O) groups is 1. The minimum absolute atomic E-state index is 0.398. The average Bonchev–Trinajstić information content (AvgIpc) is 2.65. The highest BCUT2D eigenvalue weighted by Crippen LogP contribution is 2.26. The van der Waals surface area contributed by atoms with Gasteiger partial charge in [-0.05, 0) is 39.2 Å². The van der Waals surface area contributed by atoms with E-state index in [1.54, 1.807) is 0 Å². The standard InChI is InChI=1S/C13H26N2O2/c1-4-11-7-6-10(3)15(11)9-8-12(13(16)17)14-5-2/h10-12,14H,4-9H2,1-3H3,(H,16,17). The summed E-state index contributed by atoms with van der Waals surface area (Å²) in [5.41, 5.74) is 0. The third-order valence-corrected chi connectivity index (χ3v) is 3.85. The van der Waals surface area contributed by atoms with Crippen molar-refractivity contribution in [2.45, 2.75) is 64.6 Å². The number of likely N-dealkylation sites (tertiary alicyclic amines) is 1. The summed E-state index contributed by atoms with van der Waals surface area (Å²) in [7, 11) is 0. The van der Waals surface area contributed by atoms with E-state index in [0.29, 0.717) is 25.0 Å². The first-order valence-corrected chi connectivity index (χ1v) is 6.82. The van der Waals surface area contributed by atoms with E-state index in [9.17, 15) is 4.79 Å². The summed E-state index contributed by atoms with van der Waals surface area (Å²) < 4.78 is 0. The Morgan fingerprint density at radius 1 is 1.47 bits per heavy atom. The lowest BCUT2D eigenvalue weighted by Crippen LogP contribution is -2.42. The number of carboxylic acids is 1. The molecule has 17 heavy (non-hydrogen) atoms. The molecule has 2 N–H and O–H groups in total. The van der Waals surface area contributed by atoms with Crippen LogP contribution in [0.4, 0.5) is 0 Å². The first-order chi connectivity index (χ1) is 8.10. The van der Waals surface area contributed by atoms with Crippen LogP contribution in [0.3, 0.4) is 0 Å². The van der Waals surface area contributed by atoms with Crippen LogP contribution < -0.4 is 5.32 Å². The summed E-state index contributed by atoms with van der Waals surface area (Å²) in [6, 6.07) is 0.863. The molecule has 0 saturated carbocycles. The Morgan fingerprint density at radius 2 is 2.18 bits per heavy atom. The predicted octanol–water partition coefficient (Wildman–Crippen LogP) is 1.70. The second kappa shape index (κ2) is 6.97. The Balaban J connectivity index is 2.44. The summed E-state index contributed by atoms with van der Waals surface area (Å²) >= 11 is 0. The van der Waals surface area contributed by atoms with Gasteiger partial charge in [-0.2, -0.15) is 0 Å². The summed E-state index contributed by atoms with van der Waals surface area (Å²) in [5, 5.41) is 12.1. The van der Waals surface area contributed by atoms with Crippen LogP contribution in [0.5, 0.6) is 0 Å². The molecular weight excluding hydrogens is 216 g/mol. The van der Waals surface area contributed by atoms with Crippen LogP contribution >= 0.6 is 0 Å². The largest absolute Gasteiger partial charge is 0.480 e. The number of carboxylic acid groups (broad SMARTS) is 1. The molecule has 0 aromatic carbocycles. The number of rotatable bonds is 7. The van der Waals surface area contributed by atoms with Gasteiger partial charge >= 0.3 is 5.97 Å². The molecule has 0 radical (unpaired) electrons. The first-order valence-electron chi connectivity index (χ1n) is 6.82. The maximum atomic E-state index is 11.0. The minimum Gasteiger partial charge on any atom is -0.480 e. The zero-order valence-corrected chi connectivity index (χ0v) is 11.3. The van der Waals surface area contributed by atoms with Crippen molar-refractivity contribution in [1.29, 1.82) is 0 Å². The molecule has 3 atom stereocenters. The highest BCUT2D eigenvalue weighted by atomic mass is 16.4. The second-order valence-electron chi connectivity index (χ2n) is 4.96. The molecule has 0 aliphatic carbocycles. The summed E-state index contributed by atoms with van der Waals surface area (Å²) in [5.74, 6) is -0.730. The van der Waals surface area contributed by atoms with Crippen LogP contribution in [0.25, 0.3) is 0 Å². The Labute approximate surface area is 104 Å². The minimum atomic E-state index is -0.730. The van der Waals surface area contributed by atoms with Crippen LogP contribution in [-0.2, 0) is 4.79 Å². The molecule has 0 spiro atoms. The quantitative estimate of drug-likeness (QED) is 0.713. The maximum absolute atomic E-state index is 11.0. The van der Waals surface area contributed by atoms with E-state index in [2.05, 4.69) is 24.1 Å². The SMILES string of the molecule is CCNC(CCN1C(C)CCC1CC)C(=O)O. The van der Waals surface area contributed by atoms with Gasteiger partial charge in [-0.1, -0.05) is 13.8 Å². The number of hydrogen-bond acceptors (Lipinski definition) is 3. The Bertz CT molecular complexity index is 246. The lowest BCUT2D eigenvalue weighted by Gasteiger charge is -2.28. The van der Waals surface area contributed by atoms with Crippen LogP contribution in [0, 0.1) is 0 Å². The van der Waals surface area contributed by atoms with Crippen molar-refractivity contribution >= 4 is 5.97 Å². The molecule has 1 saturated heterocycles. The predicted molar refractivity (Wildman–Crippen MR) is 69.2 cm³/mol. The highest BCUT2D eigenvalue weighted by molar-refractivity contribution is 5.73. The fourth-order valence-corrected chi connectivity index (χ4v) is 2.80. The molecule has 3 unspecified atom stereocenters. The smallest absolute Gasteiger partial charge is 0.320 e. The van der Waals surface area contributed by atoms with Crippen molar-refractivity contribution in [3.8, 4) is 0 Å². The average molecular weight is 242 g/mol. The molecule has 4 nitrogen and oxygen atoms in total. The summed E-state index contributed by atoms with van der Waals surface area (Å²) in [4.78, 5) is 13.5. The number of aliphatic carboxylic acids is 1. The third-order valence-electron chi connectivity index (χ3n) is 3.85. The highest BCUT2D eigenvalue weighted by Gasteiger charge is 2.29. The van der Waals surface area contributed by atoms with E-state index in [0.717, 1.165) is 6.54 Å². The Hall–Kier alpha value is -0.610. The number of nitrogens with zero attached hydrogens (tertiary/aromatic N) is 1. The van der Waals surface area contributed by atoms with Crippen molar-refractivity contribution in [1.82, 2.24) is 10.2 Å². The Morgan fingerprint density at radius 3 is 2.71 bits per heavy atom. The van der Waals surface area contributed by atoms with Gasteiger partial charge in [-0.25, -0.2) is 0 Å². The molecule has 1 aliphatic rings. The first kappa shape index (κ1) is 14.5. The van der Waals surface area contributed by atoms with E-state index < -0.39 is 12.0 Å². The van der Waals surface area contributed by atoms with E-state index in [1.807, 2.05) is 6.92 Å². The molecule has 1 heterocycles. The second-order valence-corrected chi connectivity index (χ2v) is 4.96. The third kappa shape index (κ3) is 3.96. The van der Waals surface area contributed by atoms with Gasteiger partial charge in [-0.3, -0.25) is 9.69 Å². The van der Waals surface area contributed by atoms with Gasteiger partial charge in [0.25, 0.3) is 0 Å². The van der Waals surface area contributed by atoms with E-state index in [1.165, 1.54) is 19.3 Å². The van der Waals surface area contributed by atoms with Crippen molar-refractivity contribution in [3.63, 3.8) is 0 Å². The van der Waals surface area contributed by atoms with Gasteiger partial charge in [-0.15, -0.1) is 0 Å². The number of likely N-dealkylation sites (N-methyl/N-ethyl adjacent to an activating group) is 1. The van der Waals surface area contributed by atoms with Crippen molar-refractivity contribution in [2.75, 3.05) is 13.1 Å². The molecule has 0 aromatic heterocycles. The van der Waals surface area contributed by atoms with E-state index in [4.69, 9.17) is 5.11 Å². The molecule has 1 aliphatic heterocycles. The zero-order chi connectivity index (χ0) is 12.8. The number of nitrogens with one attached hydrogen (secondary N) is 1. The van der Waals surface area contributed by atoms with Gasteiger partial charge in [0.05, 0.1) is 0 Å². The normalized spacial score (nSPS) is 27.2. The fourth-order valence-electron chi connectivity index (χ4n) is 2.80. The summed E-state index contributed by atoms with van der Waals surface area (Å²) in [6.45, 7) is 8.02. The van der Waals surface area contributed by atoms with E-state index in [-0.39, 0.29) is 0 Å². The molecule has 100 valence electrons. The molecular formula is C13H26N2O2. The zero-order valence-electron chi connectivity index (χ0n) is 11.3. The van der Waals surface area contributed by atoms with Gasteiger partial charge in [0.15, 0.2) is 0 Å². The lowest BCUT2D eigenvalue weighted by molar-refractivity contribution is -0.139. The molecule has 4 heteroatoms. The topological polar surface area (TPSA) is 52.6 Å². The summed E-state index contributed by atoms with van der Waals surface area (Å²) in [6.07, 6.45) is 4.38. The van der Waals surface area contributed by atoms with Crippen molar-refractivity contribution in [3.05, 3.63) is 0 Å². The van der Waals surface area contributed by atoms with Gasteiger partial charge in [0.2, 0.25) is 0 Å². The number of hydrogen-bond donors (Lipinski definition) is 2. The van der Waals surface area contributed by atoms with Crippen LogP contribution in [0.15, 0.2) is 0 Å². The lowest BCUT2D eigenvalue weighted by atomic mass is 10.1. The monoisotopic (exact) mass is 242 g/mol. The van der Waals surface area contributed by atoms with Crippen molar-refractivity contribution < 1.29 is 9.90 Å². The molecule has 1 rings (SSSR count). The van der Waals surface area contributed by atoms with E-state index >= 15 is 0 Å². The fraction of sp³-hybridized carbons (Fsp3) is 0.923. The molecule has 0 aromatic rings. The van der Waals surface area contributed by atoms with Crippen LogP contribution in [0.1, 0.15) is 46.5 Å². The van der Waals surface area contributed by atoms with Gasteiger partial charge < -0.3 is 10.4 Å². The van der Waals surface area contributed by atoms with Crippen LogP contribution in [0.2, 0.25) is 0 Å². The van der Waals surface area contributed by atoms with Gasteiger partial charge in [0.1, 0.15) is 6.04 Å². The molecule has 0 amide bonds. The Kier molecular flexibility index (Phi) is 5.92. The maximum Gasteiger partial charge on any atom is 0.320 e. The van der Waals surface area contributed by atoms with Crippen molar-refractivity contribution in [2.24, 2.45) is 0 Å².